The molecule has 0 aliphatic heterocycles. The Bertz CT molecular complexity index is 706. The summed E-state index contributed by atoms with van der Waals surface area (Å²) in [5.74, 6) is 0.324. The first-order valence-electron chi connectivity index (χ1n) is 10.3. The summed E-state index contributed by atoms with van der Waals surface area (Å²) in [4.78, 5) is 36.0. The summed E-state index contributed by atoms with van der Waals surface area (Å²) in [6.07, 6.45) is 4.84. The number of carbonyl (C=O) groups is 3. The zero-order chi connectivity index (χ0) is 21.3. The highest BCUT2D eigenvalue weighted by Crippen LogP contribution is 2.28. The number of hydrogen-bond acceptors (Lipinski definition) is 4. The van der Waals surface area contributed by atoms with Crippen molar-refractivity contribution >= 4 is 23.6 Å². The van der Waals surface area contributed by atoms with Crippen LogP contribution < -0.4 is 16.0 Å². The van der Waals surface area contributed by atoms with Crippen LogP contribution in [0.5, 0.6) is 0 Å². The predicted molar refractivity (Wildman–Crippen MR) is 112 cm³/mol. The largest absolute Gasteiger partial charge is 0.444 e. The number of ether oxygens (including phenoxy) is 1. The van der Waals surface area contributed by atoms with Crippen molar-refractivity contribution in [2.75, 3.05) is 11.9 Å². The third-order valence-electron chi connectivity index (χ3n) is 4.74. The summed E-state index contributed by atoms with van der Waals surface area (Å²) in [5, 5.41) is 8.36. The molecule has 1 saturated carbocycles. The molecule has 1 fully saturated rings. The van der Waals surface area contributed by atoms with Crippen molar-refractivity contribution in [3.05, 3.63) is 29.8 Å². The highest BCUT2D eigenvalue weighted by Gasteiger charge is 2.19. The molecule has 1 aliphatic carbocycles. The maximum absolute atomic E-state index is 12.3. The van der Waals surface area contributed by atoms with Crippen LogP contribution in [0.2, 0.25) is 0 Å². The van der Waals surface area contributed by atoms with E-state index in [-0.39, 0.29) is 24.8 Å². The number of amides is 3. The molecule has 0 saturated heterocycles. The Morgan fingerprint density at radius 3 is 2.41 bits per heavy atom. The van der Waals surface area contributed by atoms with Gasteiger partial charge in [0.25, 0.3) is 0 Å². The van der Waals surface area contributed by atoms with Crippen molar-refractivity contribution in [3.8, 4) is 0 Å². The van der Waals surface area contributed by atoms with Crippen molar-refractivity contribution in [2.45, 2.75) is 71.4 Å². The zero-order valence-corrected chi connectivity index (χ0v) is 17.7. The molecule has 160 valence electrons. The first-order chi connectivity index (χ1) is 13.7. The van der Waals surface area contributed by atoms with E-state index in [1.54, 1.807) is 20.8 Å². The molecule has 3 amide bonds. The van der Waals surface area contributed by atoms with E-state index in [1.807, 2.05) is 24.3 Å². The Morgan fingerprint density at radius 2 is 1.72 bits per heavy atom. The number of benzene rings is 1. The van der Waals surface area contributed by atoms with Crippen LogP contribution in [0.3, 0.4) is 0 Å². The van der Waals surface area contributed by atoms with Gasteiger partial charge in [-0.15, -0.1) is 0 Å². The highest BCUT2D eigenvalue weighted by molar-refractivity contribution is 5.91. The van der Waals surface area contributed by atoms with E-state index in [0.717, 1.165) is 24.1 Å². The van der Waals surface area contributed by atoms with Crippen molar-refractivity contribution in [1.29, 1.82) is 0 Å². The summed E-state index contributed by atoms with van der Waals surface area (Å²) in [5.41, 5.74) is 1.00. The number of alkyl carbamates (subject to hydrolysis) is 1. The van der Waals surface area contributed by atoms with Crippen molar-refractivity contribution in [1.82, 2.24) is 10.6 Å². The molecule has 7 nitrogen and oxygen atoms in total. The average molecular weight is 404 g/mol. The Labute approximate surface area is 173 Å². The Morgan fingerprint density at radius 1 is 1.03 bits per heavy atom. The van der Waals surface area contributed by atoms with Crippen LogP contribution in [0.4, 0.5) is 10.5 Å². The summed E-state index contributed by atoms with van der Waals surface area (Å²) in [7, 11) is 0. The van der Waals surface area contributed by atoms with Crippen LogP contribution in [-0.2, 0) is 20.9 Å². The standard InChI is InChI=1S/C22H33N3O4/c1-22(2,3)29-21(28)23-13-12-19(26)24-15-17-10-6-7-11-18(17)25-20(27)14-16-8-4-5-9-16/h6-7,10-11,16H,4-5,8-9,12-15H2,1-3H3,(H,23,28)(H,24,26)(H,25,27). The van der Waals surface area contributed by atoms with Gasteiger partial charge in [-0.3, -0.25) is 9.59 Å². The fourth-order valence-electron chi connectivity index (χ4n) is 3.35. The molecule has 0 bridgehead atoms. The van der Waals surface area contributed by atoms with Crippen LogP contribution in [-0.4, -0.2) is 30.1 Å². The van der Waals surface area contributed by atoms with E-state index >= 15 is 0 Å². The van der Waals surface area contributed by atoms with Crippen LogP contribution >= 0.6 is 0 Å². The van der Waals surface area contributed by atoms with Crippen molar-refractivity contribution < 1.29 is 19.1 Å². The SMILES string of the molecule is CC(C)(C)OC(=O)NCCC(=O)NCc1ccccc1NC(=O)CC1CCCC1. The van der Waals surface area contributed by atoms with E-state index < -0.39 is 11.7 Å². The zero-order valence-electron chi connectivity index (χ0n) is 17.7. The summed E-state index contributed by atoms with van der Waals surface area (Å²) in [6, 6.07) is 7.46. The lowest BCUT2D eigenvalue weighted by Crippen LogP contribution is -2.35. The van der Waals surface area contributed by atoms with Crippen LogP contribution in [0.1, 0.15) is 64.9 Å². The number of nitrogens with one attached hydrogen (secondary N) is 3. The second-order valence-electron chi connectivity index (χ2n) is 8.52. The monoisotopic (exact) mass is 403 g/mol. The maximum atomic E-state index is 12.3. The Kier molecular flexibility index (Phi) is 8.49. The van der Waals surface area contributed by atoms with Gasteiger partial charge in [-0.2, -0.15) is 0 Å². The molecule has 1 aromatic carbocycles. The molecule has 1 aromatic rings. The molecule has 2 rings (SSSR count). The van der Waals surface area contributed by atoms with Gasteiger partial charge in [0.05, 0.1) is 0 Å². The lowest BCUT2D eigenvalue weighted by molar-refractivity contribution is -0.121. The first kappa shape index (κ1) is 22.7. The number of para-hydroxylation sites is 1. The average Bonchev–Trinajstić information content (AvgIpc) is 3.12. The molecule has 0 radical (unpaired) electrons. The molecule has 0 spiro atoms. The highest BCUT2D eigenvalue weighted by atomic mass is 16.6. The smallest absolute Gasteiger partial charge is 0.407 e. The third-order valence-corrected chi connectivity index (χ3v) is 4.74. The van der Waals surface area contributed by atoms with Gasteiger partial charge in [0.15, 0.2) is 0 Å². The number of carbonyl (C=O) groups excluding carboxylic acids is 3. The maximum Gasteiger partial charge on any atom is 0.407 e. The summed E-state index contributed by atoms with van der Waals surface area (Å²) >= 11 is 0. The second kappa shape index (κ2) is 10.8. The molecule has 1 aliphatic rings. The van der Waals surface area contributed by atoms with Gasteiger partial charge in [-0.25, -0.2) is 4.79 Å². The van der Waals surface area contributed by atoms with Gasteiger partial charge in [0.1, 0.15) is 5.60 Å². The molecule has 7 heteroatoms. The van der Waals surface area contributed by atoms with Crippen LogP contribution in [0.15, 0.2) is 24.3 Å². The van der Waals surface area contributed by atoms with Gasteiger partial charge in [-0.05, 0) is 51.2 Å². The summed E-state index contributed by atoms with van der Waals surface area (Å²) in [6.45, 7) is 5.85. The minimum absolute atomic E-state index is 0.0252. The molecule has 29 heavy (non-hydrogen) atoms. The normalized spacial score (nSPS) is 14.3. The molecular weight excluding hydrogens is 370 g/mol. The van der Waals surface area contributed by atoms with Gasteiger partial charge in [0.2, 0.25) is 11.8 Å². The molecule has 0 heterocycles. The summed E-state index contributed by atoms with van der Waals surface area (Å²) < 4.78 is 5.13. The van der Waals surface area contributed by atoms with Crippen molar-refractivity contribution in [3.63, 3.8) is 0 Å². The lowest BCUT2D eigenvalue weighted by Gasteiger charge is -2.19. The van der Waals surface area contributed by atoms with Gasteiger partial charge in [-0.1, -0.05) is 31.0 Å². The third kappa shape index (κ3) is 8.98. The predicted octanol–water partition coefficient (Wildman–Crippen LogP) is 3.74. The van der Waals surface area contributed by atoms with Crippen molar-refractivity contribution in [2.24, 2.45) is 5.92 Å². The van der Waals surface area contributed by atoms with E-state index in [1.165, 1.54) is 12.8 Å². The van der Waals surface area contributed by atoms with Gasteiger partial charge >= 0.3 is 6.09 Å². The molecule has 0 atom stereocenters. The minimum atomic E-state index is -0.571. The van der Waals surface area contributed by atoms with E-state index in [0.29, 0.717) is 18.9 Å². The second-order valence-corrected chi connectivity index (χ2v) is 8.52. The Hall–Kier alpha value is -2.57. The van der Waals surface area contributed by atoms with Gasteiger partial charge in [0, 0.05) is 31.6 Å². The molecule has 0 unspecified atom stereocenters. The molecular formula is C22H33N3O4. The quantitative estimate of drug-likeness (QED) is 0.616. The number of rotatable bonds is 8. The molecule has 0 aromatic heterocycles. The molecule has 3 N–H and O–H groups in total. The minimum Gasteiger partial charge on any atom is -0.444 e. The van der Waals surface area contributed by atoms with E-state index in [4.69, 9.17) is 4.74 Å². The van der Waals surface area contributed by atoms with E-state index in [9.17, 15) is 14.4 Å². The number of hydrogen-bond donors (Lipinski definition) is 3. The topological polar surface area (TPSA) is 96.5 Å². The Balaban J connectivity index is 1.74. The van der Waals surface area contributed by atoms with Crippen LogP contribution in [0, 0.1) is 5.92 Å². The van der Waals surface area contributed by atoms with Crippen LogP contribution in [0.25, 0.3) is 0 Å². The fourth-order valence-corrected chi connectivity index (χ4v) is 3.35. The van der Waals surface area contributed by atoms with Gasteiger partial charge < -0.3 is 20.7 Å². The lowest BCUT2D eigenvalue weighted by atomic mass is 10.0. The number of anilines is 1. The first-order valence-corrected chi connectivity index (χ1v) is 10.3. The van der Waals surface area contributed by atoms with E-state index in [2.05, 4.69) is 16.0 Å². The fraction of sp³-hybridized carbons (Fsp3) is 0.591.